The number of aryl methyl sites for hydroxylation is 1. The normalized spacial score (nSPS) is 10.1. The van der Waals surface area contributed by atoms with Gasteiger partial charge in [0.15, 0.2) is 5.11 Å². The SMILES string of the molecule is O=C(CCC(=O)OCCCc1ccccc1)NC(=S)Nc1ccc(I)cc1. The Balaban J connectivity index is 1.58. The number of carbonyl (C=O) groups is 2. The number of rotatable bonds is 8. The van der Waals surface area contributed by atoms with Gasteiger partial charge in [0.1, 0.15) is 0 Å². The highest BCUT2D eigenvalue weighted by molar-refractivity contribution is 14.1. The average Bonchev–Trinajstić information content (AvgIpc) is 2.66. The molecular formula is C20H21IN2O3S. The Morgan fingerprint density at radius 1 is 1.00 bits per heavy atom. The van der Waals surface area contributed by atoms with Crippen LogP contribution in [0.4, 0.5) is 5.69 Å². The van der Waals surface area contributed by atoms with Crippen molar-refractivity contribution >= 4 is 57.5 Å². The Morgan fingerprint density at radius 3 is 2.41 bits per heavy atom. The number of anilines is 1. The molecule has 7 heteroatoms. The molecule has 27 heavy (non-hydrogen) atoms. The van der Waals surface area contributed by atoms with E-state index in [0.717, 1.165) is 22.1 Å². The first-order chi connectivity index (χ1) is 13.0. The van der Waals surface area contributed by atoms with Crippen LogP contribution in [0.15, 0.2) is 54.6 Å². The van der Waals surface area contributed by atoms with Crippen LogP contribution in [-0.4, -0.2) is 23.6 Å². The maximum absolute atomic E-state index is 11.9. The number of amides is 1. The van der Waals surface area contributed by atoms with E-state index < -0.39 is 0 Å². The zero-order valence-electron chi connectivity index (χ0n) is 14.7. The molecule has 0 bridgehead atoms. The number of ether oxygens (including phenoxy) is 1. The largest absolute Gasteiger partial charge is 0.466 e. The van der Waals surface area contributed by atoms with E-state index in [1.807, 2.05) is 54.6 Å². The first-order valence-corrected chi connectivity index (χ1v) is 10.1. The maximum atomic E-state index is 11.9. The smallest absolute Gasteiger partial charge is 0.306 e. The maximum Gasteiger partial charge on any atom is 0.306 e. The lowest BCUT2D eigenvalue weighted by Gasteiger charge is -2.09. The van der Waals surface area contributed by atoms with Crippen molar-refractivity contribution in [2.75, 3.05) is 11.9 Å². The van der Waals surface area contributed by atoms with Crippen LogP contribution < -0.4 is 10.6 Å². The fraction of sp³-hybridized carbons (Fsp3) is 0.250. The third-order valence-corrected chi connectivity index (χ3v) is 4.55. The van der Waals surface area contributed by atoms with Crippen molar-refractivity contribution in [3.8, 4) is 0 Å². The van der Waals surface area contributed by atoms with Crippen LogP contribution in [0.5, 0.6) is 0 Å². The van der Waals surface area contributed by atoms with E-state index >= 15 is 0 Å². The predicted octanol–water partition coefficient (Wildman–Crippen LogP) is 4.06. The van der Waals surface area contributed by atoms with E-state index in [9.17, 15) is 9.59 Å². The molecule has 0 saturated carbocycles. The number of esters is 1. The van der Waals surface area contributed by atoms with Crippen molar-refractivity contribution in [1.82, 2.24) is 5.32 Å². The molecule has 0 aliphatic rings. The first kappa shape index (κ1) is 21.3. The quantitative estimate of drug-likeness (QED) is 0.250. The molecule has 2 aromatic carbocycles. The zero-order valence-corrected chi connectivity index (χ0v) is 17.7. The zero-order chi connectivity index (χ0) is 19.5. The summed E-state index contributed by atoms with van der Waals surface area (Å²) in [5.41, 5.74) is 2.00. The lowest BCUT2D eigenvalue weighted by molar-refractivity contribution is -0.145. The Morgan fingerprint density at radius 2 is 1.70 bits per heavy atom. The van der Waals surface area contributed by atoms with Gasteiger partial charge in [0.25, 0.3) is 0 Å². The Kier molecular flexibility index (Phi) is 9.20. The lowest BCUT2D eigenvalue weighted by Crippen LogP contribution is -2.34. The van der Waals surface area contributed by atoms with Crippen molar-refractivity contribution in [1.29, 1.82) is 0 Å². The van der Waals surface area contributed by atoms with Crippen LogP contribution in [0.1, 0.15) is 24.8 Å². The summed E-state index contributed by atoms with van der Waals surface area (Å²) in [5, 5.41) is 5.69. The van der Waals surface area contributed by atoms with Gasteiger partial charge >= 0.3 is 5.97 Å². The standard InChI is InChI=1S/C20H21IN2O3S/c21-16-8-10-17(11-9-16)22-20(27)23-18(24)12-13-19(25)26-14-4-7-15-5-2-1-3-6-15/h1-3,5-6,8-11H,4,7,12-14H2,(H2,22,23,24,27). The number of carbonyl (C=O) groups excluding carboxylic acids is 2. The highest BCUT2D eigenvalue weighted by Crippen LogP contribution is 2.11. The van der Waals surface area contributed by atoms with Crippen LogP contribution in [0, 0.1) is 3.57 Å². The van der Waals surface area contributed by atoms with Gasteiger partial charge in [-0.05, 0) is 77.5 Å². The molecule has 2 N–H and O–H groups in total. The summed E-state index contributed by atoms with van der Waals surface area (Å²) in [5.74, 6) is -0.700. The summed E-state index contributed by atoms with van der Waals surface area (Å²) in [4.78, 5) is 23.6. The van der Waals surface area contributed by atoms with Crippen molar-refractivity contribution < 1.29 is 14.3 Å². The predicted molar refractivity (Wildman–Crippen MR) is 118 cm³/mol. The van der Waals surface area contributed by atoms with Gasteiger partial charge in [-0.15, -0.1) is 0 Å². The molecule has 0 spiro atoms. The second-order valence-corrected chi connectivity index (χ2v) is 7.47. The molecule has 0 heterocycles. The fourth-order valence-electron chi connectivity index (χ4n) is 2.28. The van der Waals surface area contributed by atoms with Crippen LogP contribution in [0.2, 0.25) is 0 Å². The number of nitrogens with one attached hydrogen (secondary N) is 2. The van der Waals surface area contributed by atoms with Gasteiger partial charge in [-0.2, -0.15) is 0 Å². The van der Waals surface area contributed by atoms with Gasteiger partial charge in [0, 0.05) is 15.7 Å². The van der Waals surface area contributed by atoms with Gasteiger partial charge in [0.05, 0.1) is 13.0 Å². The minimum Gasteiger partial charge on any atom is -0.466 e. The first-order valence-electron chi connectivity index (χ1n) is 8.59. The van der Waals surface area contributed by atoms with Crippen molar-refractivity contribution in [3.63, 3.8) is 0 Å². The number of hydrogen-bond acceptors (Lipinski definition) is 4. The van der Waals surface area contributed by atoms with Crippen molar-refractivity contribution in [2.45, 2.75) is 25.7 Å². The number of benzene rings is 2. The van der Waals surface area contributed by atoms with E-state index in [4.69, 9.17) is 17.0 Å². The molecule has 0 aliphatic heterocycles. The van der Waals surface area contributed by atoms with Gasteiger partial charge in [-0.25, -0.2) is 0 Å². The van der Waals surface area contributed by atoms with E-state index in [2.05, 4.69) is 33.2 Å². The molecule has 142 valence electrons. The second-order valence-electron chi connectivity index (χ2n) is 5.82. The average molecular weight is 496 g/mol. The second kappa shape index (κ2) is 11.7. The summed E-state index contributed by atoms with van der Waals surface area (Å²) in [7, 11) is 0. The molecule has 2 rings (SSSR count). The van der Waals surface area contributed by atoms with Crippen LogP contribution in [-0.2, 0) is 20.7 Å². The molecule has 5 nitrogen and oxygen atoms in total. The topological polar surface area (TPSA) is 67.4 Å². The molecule has 0 aromatic heterocycles. The van der Waals surface area contributed by atoms with Gasteiger partial charge in [-0.1, -0.05) is 30.3 Å². The summed E-state index contributed by atoms with van der Waals surface area (Å²) >= 11 is 7.30. The van der Waals surface area contributed by atoms with Crippen LogP contribution in [0.25, 0.3) is 0 Å². The van der Waals surface area contributed by atoms with Gasteiger partial charge in [-0.3, -0.25) is 9.59 Å². The van der Waals surface area contributed by atoms with Crippen LogP contribution in [0.3, 0.4) is 0 Å². The minimum atomic E-state index is -0.380. The molecule has 0 fully saturated rings. The Labute approximate surface area is 178 Å². The molecule has 0 radical (unpaired) electrons. The van der Waals surface area contributed by atoms with Crippen LogP contribution >= 0.6 is 34.8 Å². The number of thiocarbonyl (C=S) groups is 1. The Hall–Kier alpha value is -2.00. The molecule has 2 aromatic rings. The third-order valence-electron chi connectivity index (χ3n) is 3.63. The molecule has 1 amide bonds. The van der Waals surface area contributed by atoms with Gasteiger partial charge in [0.2, 0.25) is 5.91 Å². The van der Waals surface area contributed by atoms with E-state index in [-0.39, 0.29) is 29.8 Å². The monoisotopic (exact) mass is 496 g/mol. The summed E-state index contributed by atoms with van der Waals surface area (Å²) in [6, 6.07) is 17.6. The molecule has 0 aliphatic carbocycles. The van der Waals surface area contributed by atoms with E-state index in [1.54, 1.807) is 0 Å². The highest BCUT2D eigenvalue weighted by atomic mass is 127. The highest BCUT2D eigenvalue weighted by Gasteiger charge is 2.09. The summed E-state index contributed by atoms with van der Waals surface area (Å²) in [6.07, 6.45) is 1.67. The number of halogens is 1. The molecular weight excluding hydrogens is 475 g/mol. The molecule has 0 atom stereocenters. The van der Waals surface area contributed by atoms with Crippen molar-refractivity contribution in [2.24, 2.45) is 0 Å². The van der Waals surface area contributed by atoms with E-state index in [1.165, 1.54) is 5.56 Å². The summed E-state index contributed by atoms with van der Waals surface area (Å²) < 4.78 is 6.26. The molecule has 0 saturated heterocycles. The number of hydrogen-bond donors (Lipinski definition) is 2. The Bertz CT molecular complexity index is 767. The third kappa shape index (κ3) is 8.96. The fourth-order valence-corrected chi connectivity index (χ4v) is 2.87. The van der Waals surface area contributed by atoms with E-state index in [0.29, 0.717) is 6.61 Å². The van der Waals surface area contributed by atoms with Crippen molar-refractivity contribution in [3.05, 3.63) is 63.7 Å². The lowest BCUT2D eigenvalue weighted by atomic mass is 10.1. The summed E-state index contributed by atoms with van der Waals surface area (Å²) in [6.45, 7) is 0.349. The molecule has 0 unspecified atom stereocenters. The van der Waals surface area contributed by atoms with Gasteiger partial charge < -0.3 is 15.4 Å². The minimum absolute atomic E-state index is 0.0311.